The van der Waals surface area contributed by atoms with Gasteiger partial charge in [0.15, 0.2) is 0 Å². The van der Waals surface area contributed by atoms with E-state index in [1.165, 1.54) is 0 Å². The van der Waals surface area contributed by atoms with Crippen molar-refractivity contribution < 1.29 is 9.59 Å². The average molecular weight is 361 g/mol. The second-order valence-corrected chi connectivity index (χ2v) is 8.44. The molecule has 0 saturated carbocycles. The van der Waals surface area contributed by atoms with Crippen molar-refractivity contribution in [1.82, 2.24) is 19.6 Å². The number of nitrogens with zero attached hydrogens (tertiary/aromatic N) is 4. The van der Waals surface area contributed by atoms with Crippen molar-refractivity contribution >= 4 is 17.5 Å². The molecule has 2 aliphatic rings. The third-order valence-electron chi connectivity index (χ3n) is 5.78. The average Bonchev–Trinajstić information content (AvgIpc) is 3.03. The van der Waals surface area contributed by atoms with Crippen LogP contribution in [0.1, 0.15) is 38.8 Å². The Morgan fingerprint density at radius 3 is 2.62 bits per heavy atom. The number of rotatable bonds is 5. The van der Waals surface area contributed by atoms with Crippen LogP contribution in [0.15, 0.2) is 6.20 Å². The van der Waals surface area contributed by atoms with Crippen LogP contribution >= 0.6 is 0 Å². The maximum atomic E-state index is 12.3. The molecule has 3 heterocycles. The lowest BCUT2D eigenvalue weighted by molar-refractivity contribution is -0.128. The molecule has 26 heavy (non-hydrogen) atoms. The third kappa shape index (κ3) is 4.09. The number of hydrogen-bond acceptors (Lipinski definition) is 4. The van der Waals surface area contributed by atoms with E-state index in [1.54, 1.807) is 10.9 Å². The summed E-state index contributed by atoms with van der Waals surface area (Å²) in [5, 5.41) is 7.10. The van der Waals surface area contributed by atoms with Gasteiger partial charge in [-0.1, -0.05) is 13.8 Å². The number of carbonyl (C=O) groups is 2. The normalized spacial score (nSPS) is 20.3. The van der Waals surface area contributed by atoms with Gasteiger partial charge in [-0.05, 0) is 44.2 Å². The number of hydrogen-bond donors (Lipinski definition) is 1. The number of likely N-dealkylation sites (tertiary alicyclic amines) is 2. The smallest absolute Gasteiger partial charge is 0.238 e. The highest BCUT2D eigenvalue weighted by Crippen LogP contribution is 2.41. The van der Waals surface area contributed by atoms with Crippen LogP contribution in [0.5, 0.6) is 0 Å². The summed E-state index contributed by atoms with van der Waals surface area (Å²) in [6.07, 6.45) is 4.35. The van der Waals surface area contributed by atoms with Crippen LogP contribution in [0.3, 0.4) is 0 Å². The fourth-order valence-electron chi connectivity index (χ4n) is 4.12. The monoisotopic (exact) mass is 361 g/mol. The van der Waals surface area contributed by atoms with E-state index in [9.17, 15) is 9.59 Å². The van der Waals surface area contributed by atoms with Gasteiger partial charge in [0.1, 0.15) is 0 Å². The number of nitrogens with one attached hydrogen (secondary N) is 1. The van der Waals surface area contributed by atoms with Gasteiger partial charge in [0.2, 0.25) is 11.8 Å². The van der Waals surface area contributed by atoms with Gasteiger partial charge in [-0.15, -0.1) is 0 Å². The van der Waals surface area contributed by atoms with Crippen molar-refractivity contribution in [3.8, 4) is 0 Å². The summed E-state index contributed by atoms with van der Waals surface area (Å²) in [5.41, 5.74) is 1.85. The van der Waals surface area contributed by atoms with Crippen molar-refractivity contribution in [3.63, 3.8) is 0 Å². The Balaban J connectivity index is 1.49. The second kappa shape index (κ2) is 7.39. The maximum absolute atomic E-state index is 12.3. The molecule has 7 nitrogen and oxygen atoms in total. The van der Waals surface area contributed by atoms with Gasteiger partial charge < -0.3 is 10.2 Å². The molecule has 3 rings (SSSR count). The van der Waals surface area contributed by atoms with Crippen molar-refractivity contribution in [2.45, 2.75) is 40.0 Å². The summed E-state index contributed by atoms with van der Waals surface area (Å²) in [7, 11) is 1.86. The summed E-state index contributed by atoms with van der Waals surface area (Å²) in [4.78, 5) is 28.9. The molecule has 144 valence electrons. The highest BCUT2D eigenvalue weighted by Gasteiger charge is 2.44. The minimum absolute atomic E-state index is 0.000910. The van der Waals surface area contributed by atoms with Crippen LogP contribution in [-0.4, -0.2) is 64.1 Å². The van der Waals surface area contributed by atoms with E-state index in [2.05, 4.69) is 29.2 Å². The molecule has 0 unspecified atom stereocenters. The molecule has 2 saturated heterocycles. The summed E-state index contributed by atoms with van der Waals surface area (Å²) >= 11 is 0. The van der Waals surface area contributed by atoms with Crippen molar-refractivity contribution in [2.75, 3.05) is 38.0 Å². The quantitative estimate of drug-likeness (QED) is 0.865. The fraction of sp³-hybridized carbons (Fsp3) is 0.737. The van der Waals surface area contributed by atoms with E-state index in [1.807, 2.05) is 18.9 Å². The lowest BCUT2D eigenvalue weighted by atomic mass is 9.77. The van der Waals surface area contributed by atoms with Gasteiger partial charge in [0.05, 0.1) is 24.1 Å². The number of aromatic nitrogens is 2. The van der Waals surface area contributed by atoms with Crippen LogP contribution < -0.4 is 5.32 Å². The second-order valence-electron chi connectivity index (χ2n) is 8.44. The molecule has 2 fully saturated rings. The van der Waals surface area contributed by atoms with Crippen LogP contribution in [0, 0.1) is 18.3 Å². The zero-order valence-electron chi connectivity index (χ0n) is 16.4. The standard InChI is InChI=1S/C19H31N5O2/c1-14(2)11-24-13-19(9-18(24)26)5-7-23(8-6-19)12-17(25)21-16-10-20-22(4)15(16)3/h10,14H,5-9,11-13H2,1-4H3,(H,21,25). The zero-order chi connectivity index (χ0) is 18.9. The first-order valence-electron chi connectivity index (χ1n) is 9.56. The number of piperidine rings is 1. The predicted molar refractivity (Wildman–Crippen MR) is 101 cm³/mol. The SMILES string of the molecule is Cc1c(NC(=O)CN2CCC3(CC2)CC(=O)N(CC(C)C)C3)cnn1C. The molecule has 0 aromatic carbocycles. The van der Waals surface area contributed by atoms with Gasteiger partial charge in [-0.25, -0.2) is 0 Å². The summed E-state index contributed by atoms with van der Waals surface area (Å²) in [6, 6.07) is 0. The number of anilines is 1. The predicted octanol–water partition coefficient (Wildman–Crippen LogP) is 1.64. The summed E-state index contributed by atoms with van der Waals surface area (Å²) in [5.74, 6) is 0.812. The summed E-state index contributed by atoms with van der Waals surface area (Å²) < 4.78 is 1.75. The topological polar surface area (TPSA) is 70.5 Å². The number of amides is 2. The molecule has 1 N–H and O–H groups in total. The van der Waals surface area contributed by atoms with Crippen molar-refractivity contribution in [3.05, 3.63) is 11.9 Å². The number of aryl methyl sites for hydroxylation is 1. The van der Waals surface area contributed by atoms with Gasteiger partial charge in [-0.3, -0.25) is 19.2 Å². The van der Waals surface area contributed by atoms with Gasteiger partial charge in [0, 0.05) is 26.6 Å². The van der Waals surface area contributed by atoms with E-state index in [4.69, 9.17) is 0 Å². The molecule has 1 aromatic rings. The lowest BCUT2D eigenvalue weighted by Crippen LogP contribution is -2.44. The van der Waals surface area contributed by atoms with Crippen LogP contribution in [-0.2, 0) is 16.6 Å². The third-order valence-corrected chi connectivity index (χ3v) is 5.78. The first kappa shape index (κ1) is 18.9. The van der Waals surface area contributed by atoms with Gasteiger partial charge in [-0.2, -0.15) is 5.10 Å². The fourth-order valence-corrected chi connectivity index (χ4v) is 4.12. The van der Waals surface area contributed by atoms with Crippen LogP contribution in [0.2, 0.25) is 0 Å². The highest BCUT2D eigenvalue weighted by molar-refractivity contribution is 5.92. The molecular formula is C19H31N5O2. The van der Waals surface area contributed by atoms with E-state index in [0.29, 0.717) is 24.8 Å². The Morgan fingerprint density at radius 2 is 2.04 bits per heavy atom. The Kier molecular flexibility index (Phi) is 5.37. The largest absolute Gasteiger partial charge is 0.342 e. The minimum Gasteiger partial charge on any atom is -0.342 e. The Morgan fingerprint density at radius 1 is 1.35 bits per heavy atom. The van der Waals surface area contributed by atoms with E-state index >= 15 is 0 Å². The highest BCUT2D eigenvalue weighted by atomic mass is 16.2. The molecule has 2 aliphatic heterocycles. The Bertz CT molecular complexity index is 673. The molecule has 2 amide bonds. The lowest BCUT2D eigenvalue weighted by Gasteiger charge is -2.38. The maximum Gasteiger partial charge on any atom is 0.238 e. The molecule has 0 aliphatic carbocycles. The van der Waals surface area contributed by atoms with Gasteiger partial charge >= 0.3 is 0 Å². The molecule has 0 atom stereocenters. The van der Waals surface area contributed by atoms with E-state index < -0.39 is 0 Å². The molecule has 1 aromatic heterocycles. The Hall–Kier alpha value is -1.89. The van der Waals surface area contributed by atoms with Crippen molar-refractivity contribution in [2.24, 2.45) is 18.4 Å². The van der Waals surface area contributed by atoms with Crippen molar-refractivity contribution in [1.29, 1.82) is 0 Å². The molecule has 1 spiro atoms. The number of carbonyl (C=O) groups excluding carboxylic acids is 2. The molecule has 0 radical (unpaired) electrons. The minimum atomic E-state index is 0.000910. The summed E-state index contributed by atoms with van der Waals surface area (Å²) in [6.45, 7) is 10.1. The van der Waals surface area contributed by atoms with E-state index in [-0.39, 0.29) is 11.3 Å². The first-order chi connectivity index (χ1) is 12.3. The molecule has 7 heteroatoms. The van der Waals surface area contributed by atoms with Crippen LogP contribution in [0.25, 0.3) is 0 Å². The van der Waals surface area contributed by atoms with E-state index in [0.717, 1.165) is 50.4 Å². The zero-order valence-corrected chi connectivity index (χ0v) is 16.4. The first-order valence-corrected chi connectivity index (χ1v) is 9.56. The van der Waals surface area contributed by atoms with Crippen LogP contribution in [0.4, 0.5) is 5.69 Å². The van der Waals surface area contributed by atoms with Gasteiger partial charge in [0.25, 0.3) is 0 Å². The molecule has 0 bridgehead atoms. The molecular weight excluding hydrogens is 330 g/mol. The Labute approximate surface area is 155 Å².